The molecule has 0 fully saturated rings. The fourth-order valence-electron chi connectivity index (χ4n) is 2.98. The predicted molar refractivity (Wildman–Crippen MR) is 120 cm³/mol. The summed E-state index contributed by atoms with van der Waals surface area (Å²) in [6, 6.07) is 10.2. The van der Waals surface area contributed by atoms with Crippen molar-refractivity contribution in [2.24, 2.45) is 0 Å². The molecule has 3 N–H and O–H groups in total. The molecule has 0 saturated carbocycles. The summed E-state index contributed by atoms with van der Waals surface area (Å²) in [6.45, 7) is 1.90. The van der Waals surface area contributed by atoms with Crippen LogP contribution in [0.3, 0.4) is 0 Å². The quantitative estimate of drug-likeness (QED) is 0.269. The number of aromatic amines is 2. The van der Waals surface area contributed by atoms with Gasteiger partial charge in [0.25, 0.3) is 0 Å². The Morgan fingerprint density at radius 2 is 1.97 bits per heavy atom. The molecule has 1 radical (unpaired) electrons. The number of carbonyl (C=O) groups is 3. The SMILES string of the molecule is COC(=O)c1ccc2nc(NC(=O)c3[nH]cnc3C(=O)[As]c3cc(Cl)ccc3C)[nH]c2c1. The summed E-state index contributed by atoms with van der Waals surface area (Å²) in [7, 11) is 1.30. The molecule has 1 amide bonds. The number of ether oxygens (including phenoxy) is 1. The Morgan fingerprint density at radius 3 is 2.75 bits per heavy atom. The van der Waals surface area contributed by atoms with Crippen molar-refractivity contribution >= 4 is 65.1 Å². The number of hydrogen-bond donors (Lipinski definition) is 3. The number of carbonyl (C=O) groups excluding carboxylic acids is 3. The summed E-state index contributed by atoms with van der Waals surface area (Å²) >= 11 is 5.11. The monoisotopic (exact) mass is 512 g/mol. The summed E-state index contributed by atoms with van der Waals surface area (Å²) < 4.78 is 5.33. The number of amides is 1. The van der Waals surface area contributed by atoms with Crippen molar-refractivity contribution in [1.29, 1.82) is 0 Å². The van der Waals surface area contributed by atoms with Gasteiger partial charge in [0.15, 0.2) is 0 Å². The van der Waals surface area contributed by atoms with Crippen LogP contribution >= 0.6 is 11.6 Å². The van der Waals surface area contributed by atoms with Gasteiger partial charge in [-0.3, -0.25) is 0 Å². The Morgan fingerprint density at radius 1 is 1.16 bits per heavy atom. The van der Waals surface area contributed by atoms with E-state index in [0.717, 1.165) is 9.91 Å². The number of nitrogens with one attached hydrogen (secondary N) is 3. The van der Waals surface area contributed by atoms with Crippen LogP contribution < -0.4 is 9.67 Å². The van der Waals surface area contributed by atoms with Gasteiger partial charge in [-0.25, -0.2) is 0 Å². The molecule has 4 rings (SSSR count). The first-order valence-corrected chi connectivity index (χ1v) is 11.6. The van der Waals surface area contributed by atoms with Crippen LogP contribution in [-0.4, -0.2) is 59.2 Å². The standard InChI is InChI=1S/C21H16AsClN5O4/c1-10-3-5-12(23)8-13(10)22-18(29)16-17(25-9-24-16)19(30)28-21-26-14-6-4-11(20(31)32-2)7-15(14)27-21/h3-9H,1-2H3,(H,24,25)(H2,26,27,28,30). The molecule has 0 unspecified atom stereocenters. The van der Waals surface area contributed by atoms with Gasteiger partial charge in [0.2, 0.25) is 0 Å². The van der Waals surface area contributed by atoms with Gasteiger partial charge in [-0.1, -0.05) is 0 Å². The second-order valence-electron chi connectivity index (χ2n) is 6.74. The third kappa shape index (κ3) is 4.44. The minimum absolute atomic E-state index is 0.0423. The zero-order chi connectivity index (χ0) is 22.8. The number of anilines is 1. The molecule has 161 valence electrons. The third-order valence-corrected chi connectivity index (χ3v) is 7.22. The number of rotatable bonds is 6. The molecular weight excluding hydrogens is 497 g/mol. The zero-order valence-corrected chi connectivity index (χ0v) is 19.5. The Kier molecular flexibility index (Phi) is 6.12. The van der Waals surface area contributed by atoms with Crippen molar-refractivity contribution in [1.82, 2.24) is 19.9 Å². The predicted octanol–water partition coefficient (Wildman–Crippen LogP) is 2.46. The van der Waals surface area contributed by atoms with Gasteiger partial charge in [0, 0.05) is 0 Å². The molecule has 0 bridgehead atoms. The number of hydrogen-bond acceptors (Lipinski definition) is 6. The fraction of sp³-hybridized carbons (Fsp3) is 0.0952. The number of benzene rings is 2. The number of halogens is 1. The van der Waals surface area contributed by atoms with E-state index in [9.17, 15) is 14.4 Å². The van der Waals surface area contributed by atoms with Crippen LogP contribution in [0.15, 0.2) is 42.7 Å². The van der Waals surface area contributed by atoms with Crippen LogP contribution in [0.2, 0.25) is 5.02 Å². The van der Waals surface area contributed by atoms with Crippen molar-refractivity contribution < 1.29 is 19.1 Å². The number of nitrogens with zero attached hydrogens (tertiary/aromatic N) is 2. The second-order valence-corrected chi connectivity index (χ2v) is 9.51. The van der Waals surface area contributed by atoms with Crippen LogP contribution in [0, 0.1) is 6.92 Å². The molecule has 0 aliphatic carbocycles. The second kappa shape index (κ2) is 8.98. The normalized spacial score (nSPS) is 11.2. The van der Waals surface area contributed by atoms with E-state index in [4.69, 9.17) is 16.3 Å². The van der Waals surface area contributed by atoms with Gasteiger partial charge >= 0.3 is 187 Å². The molecule has 0 aliphatic rings. The van der Waals surface area contributed by atoms with Crippen molar-refractivity contribution in [3.63, 3.8) is 0 Å². The van der Waals surface area contributed by atoms with Gasteiger partial charge in [0.1, 0.15) is 0 Å². The molecule has 2 aromatic carbocycles. The van der Waals surface area contributed by atoms with Crippen LogP contribution in [-0.2, 0) is 4.74 Å². The minimum atomic E-state index is -0.939. The van der Waals surface area contributed by atoms with Gasteiger partial charge in [-0.2, -0.15) is 0 Å². The van der Waals surface area contributed by atoms with E-state index in [0.29, 0.717) is 21.6 Å². The number of esters is 1. The maximum absolute atomic E-state index is 12.9. The van der Waals surface area contributed by atoms with E-state index in [1.807, 2.05) is 13.0 Å². The molecule has 2 aromatic heterocycles. The van der Waals surface area contributed by atoms with E-state index < -0.39 is 27.6 Å². The molecule has 11 heteroatoms. The Balaban J connectivity index is 1.54. The van der Waals surface area contributed by atoms with E-state index in [1.54, 1.807) is 30.3 Å². The topological polar surface area (TPSA) is 130 Å². The van der Waals surface area contributed by atoms with Crippen LogP contribution in [0.5, 0.6) is 0 Å². The van der Waals surface area contributed by atoms with E-state index in [1.165, 1.54) is 13.4 Å². The Labute approximate surface area is 193 Å². The number of aryl methyl sites for hydroxylation is 1. The van der Waals surface area contributed by atoms with Crippen LogP contribution in [0.4, 0.5) is 5.95 Å². The first-order valence-electron chi connectivity index (χ1n) is 9.30. The van der Waals surface area contributed by atoms with Crippen LogP contribution in [0.25, 0.3) is 11.0 Å². The molecule has 0 atom stereocenters. The molecule has 0 saturated heterocycles. The fourth-order valence-corrected chi connectivity index (χ4v) is 5.31. The first-order chi connectivity index (χ1) is 15.4. The average Bonchev–Trinajstić information content (AvgIpc) is 3.41. The van der Waals surface area contributed by atoms with Crippen LogP contribution in [0.1, 0.15) is 36.9 Å². The Bertz CT molecular complexity index is 1360. The van der Waals surface area contributed by atoms with Gasteiger partial charge < -0.3 is 0 Å². The third-order valence-electron chi connectivity index (χ3n) is 4.60. The van der Waals surface area contributed by atoms with E-state index in [2.05, 4.69) is 25.3 Å². The number of imidazole rings is 2. The number of aromatic nitrogens is 4. The van der Waals surface area contributed by atoms with Crippen molar-refractivity contribution in [2.45, 2.75) is 6.92 Å². The zero-order valence-electron chi connectivity index (χ0n) is 16.9. The maximum atomic E-state index is 12.9. The molecular formula is C21H16AsClN5O4. The van der Waals surface area contributed by atoms with E-state index in [-0.39, 0.29) is 21.9 Å². The summed E-state index contributed by atoms with van der Waals surface area (Å²) in [5.74, 6) is -0.883. The molecule has 32 heavy (non-hydrogen) atoms. The van der Waals surface area contributed by atoms with E-state index >= 15 is 0 Å². The number of fused-ring (bicyclic) bond motifs is 1. The number of methoxy groups -OCH3 is 1. The summed E-state index contributed by atoms with van der Waals surface area (Å²) in [5, 5.41) is 3.17. The number of H-pyrrole nitrogens is 2. The molecule has 9 nitrogen and oxygen atoms in total. The van der Waals surface area contributed by atoms with Crippen molar-refractivity contribution in [2.75, 3.05) is 12.4 Å². The average molecular weight is 513 g/mol. The molecule has 0 aliphatic heterocycles. The summed E-state index contributed by atoms with van der Waals surface area (Å²) in [6.07, 6.45) is 1.30. The molecule has 2 heterocycles. The van der Waals surface area contributed by atoms with Gasteiger partial charge in [-0.15, -0.1) is 0 Å². The first kappa shape index (κ1) is 21.8. The summed E-state index contributed by atoms with van der Waals surface area (Å²) in [5.41, 5.74) is 2.51. The van der Waals surface area contributed by atoms with Crippen molar-refractivity contribution in [3.8, 4) is 0 Å². The van der Waals surface area contributed by atoms with Crippen molar-refractivity contribution in [3.05, 3.63) is 70.3 Å². The molecule has 0 spiro atoms. The Hall–Kier alpha value is -3.42. The molecule has 4 aromatic rings. The van der Waals surface area contributed by atoms with Gasteiger partial charge in [-0.05, 0) is 0 Å². The van der Waals surface area contributed by atoms with Gasteiger partial charge in [0.05, 0.1) is 7.11 Å². The summed E-state index contributed by atoms with van der Waals surface area (Å²) in [4.78, 5) is 51.3.